The van der Waals surface area contributed by atoms with Gasteiger partial charge in [-0.25, -0.2) is 9.18 Å². The first-order chi connectivity index (χ1) is 11.9. The van der Waals surface area contributed by atoms with E-state index in [0.717, 1.165) is 5.69 Å². The van der Waals surface area contributed by atoms with Crippen molar-refractivity contribution in [2.75, 3.05) is 7.05 Å². The van der Waals surface area contributed by atoms with E-state index in [1.54, 1.807) is 30.3 Å². The minimum absolute atomic E-state index is 0.0956. The Morgan fingerprint density at radius 2 is 2.04 bits per heavy atom. The van der Waals surface area contributed by atoms with Crippen LogP contribution in [0.5, 0.6) is 5.75 Å². The van der Waals surface area contributed by atoms with Crippen molar-refractivity contribution in [2.24, 2.45) is 0 Å². The molecule has 0 fully saturated rings. The summed E-state index contributed by atoms with van der Waals surface area (Å²) in [6.07, 6.45) is 1.60. The third kappa shape index (κ3) is 5.17. The molecule has 1 atom stereocenters. The first-order valence-corrected chi connectivity index (χ1v) is 8.25. The van der Waals surface area contributed by atoms with Crippen molar-refractivity contribution in [1.82, 2.24) is 15.2 Å². The Hall–Kier alpha value is -2.63. The molecule has 2 rings (SSSR count). The molecule has 2 amide bonds. The standard InChI is InChI=1S/C19H24FN3O2/c1-13(2)25-18-9-8-15(11-16(18)20)12-22-19(24)23(4)14(3)17-7-5-6-10-21-17/h5-11,13-14H,12H2,1-4H3,(H,22,24). The van der Waals surface area contributed by atoms with E-state index < -0.39 is 5.82 Å². The smallest absolute Gasteiger partial charge is 0.317 e. The number of halogens is 1. The predicted molar refractivity (Wildman–Crippen MR) is 94.8 cm³/mol. The fraction of sp³-hybridized carbons (Fsp3) is 0.368. The zero-order chi connectivity index (χ0) is 18.4. The van der Waals surface area contributed by atoms with Crippen LogP contribution < -0.4 is 10.1 Å². The van der Waals surface area contributed by atoms with E-state index in [2.05, 4.69) is 10.3 Å². The highest BCUT2D eigenvalue weighted by Gasteiger charge is 2.18. The maximum Gasteiger partial charge on any atom is 0.317 e. The van der Waals surface area contributed by atoms with Crippen LogP contribution in [0.15, 0.2) is 42.6 Å². The number of carbonyl (C=O) groups excluding carboxylic acids is 1. The monoisotopic (exact) mass is 345 g/mol. The zero-order valence-electron chi connectivity index (χ0n) is 15.0. The molecule has 1 N–H and O–H groups in total. The third-order valence-corrected chi connectivity index (χ3v) is 3.82. The van der Waals surface area contributed by atoms with Crippen LogP contribution >= 0.6 is 0 Å². The molecule has 134 valence electrons. The normalized spacial score (nSPS) is 11.9. The average Bonchev–Trinajstić information content (AvgIpc) is 2.61. The molecule has 2 aromatic rings. The Morgan fingerprint density at radius 3 is 2.64 bits per heavy atom. The van der Waals surface area contributed by atoms with Gasteiger partial charge in [0.15, 0.2) is 11.6 Å². The molecule has 0 radical (unpaired) electrons. The van der Waals surface area contributed by atoms with Gasteiger partial charge in [0.05, 0.1) is 17.8 Å². The number of pyridine rings is 1. The van der Waals surface area contributed by atoms with Crippen LogP contribution in [0.2, 0.25) is 0 Å². The second kappa shape index (κ2) is 8.46. The lowest BCUT2D eigenvalue weighted by atomic mass is 10.2. The molecule has 1 heterocycles. The molecule has 0 spiro atoms. The van der Waals surface area contributed by atoms with Crippen LogP contribution in [0.3, 0.4) is 0 Å². The fourth-order valence-corrected chi connectivity index (χ4v) is 2.30. The SMILES string of the molecule is CC(C)Oc1ccc(CNC(=O)N(C)C(C)c2ccccn2)cc1F. The van der Waals surface area contributed by atoms with Crippen molar-refractivity contribution in [3.8, 4) is 5.75 Å². The van der Waals surface area contributed by atoms with Gasteiger partial charge in [0.1, 0.15) is 0 Å². The Labute approximate surface area is 147 Å². The molecule has 25 heavy (non-hydrogen) atoms. The van der Waals surface area contributed by atoms with Gasteiger partial charge < -0.3 is 15.0 Å². The van der Waals surface area contributed by atoms with Gasteiger partial charge in [-0.3, -0.25) is 4.98 Å². The molecule has 5 nitrogen and oxygen atoms in total. The van der Waals surface area contributed by atoms with Crippen LogP contribution in [0.25, 0.3) is 0 Å². The van der Waals surface area contributed by atoms with Gasteiger partial charge in [0.2, 0.25) is 0 Å². The van der Waals surface area contributed by atoms with Crippen molar-refractivity contribution >= 4 is 6.03 Å². The minimum Gasteiger partial charge on any atom is -0.488 e. The van der Waals surface area contributed by atoms with Crippen LogP contribution in [0.4, 0.5) is 9.18 Å². The number of hydrogen-bond donors (Lipinski definition) is 1. The van der Waals surface area contributed by atoms with E-state index in [9.17, 15) is 9.18 Å². The average molecular weight is 345 g/mol. The molecule has 6 heteroatoms. The fourth-order valence-electron chi connectivity index (χ4n) is 2.30. The summed E-state index contributed by atoms with van der Waals surface area (Å²) in [5, 5.41) is 2.79. The highest BCUT2D eigenvalue weighted by atomic mass is 19.1. The summed E-state index contributed by atoms with van der Waals surface area (Å²) in [5.74, 6) is -0.221. The number of benzene rings is 1. The lowest BCUT2D eigenvalue weighted by molar-refractivity contribution is 0.193. The van der Waals surface area contributed by atoms with E-state index in [1.165, 1.54) is 6.07 Å². The van der Waals surface area contributed by atoms with Crippen LogP contribution in [-0.2, 0) is 6.54 Å². The molecule has 1 aromatic carbocycles. The first kappa shape index (κ1) is 18.7. The Bertz CT molecular complexity index is 707. The van der Waals surface area contributed by atoms with Gasteiger partial charge in [0, 0.05) is 19.8 Å². The molecule has 1 unspecified atom stereocenters. The second-order valence-corrected chi connectivity index (χ2v) is 6.13. The number of carbonyl (C=O) groups is 1. The number of urea groups is 1. The molecular weight excluding hydrogens is 321 g/mol. The number of hydrogen-bond acceptors (Lipinski definition) is 3. The Morgan fingerprint density at radius 1 is 1.28 bits per heavy atom. The summed E-state index contributed by atoms with van der Waals surface area (Å²) in [6.45, 7) is 5.81. The number of aromatic nitrogens is 1. The van der Waals surface area contributed by atoms with E-state index in [0.29, 0.717) is 5.56 Å². The molecule has 0 aliphatic heterocycles. The lowest BCUT2D eigenvalue weighted by Gasteiger charge is -2.24. The highest BCUT2D eigenvalue weighted by molar-refractivity contribution is 5.74. The number of rotatable bonds is 6. The summed E-state index contributed by atoms with van der Waals surface area (Å²) < 4.78 is 19.4. The third-order valence-electron chi connectivity index (χ3n) is 3.82. The largest absolute Gasteiger partial charge is 0.488 e. The molecule has 0 aliphatic rings. The summed E-state index contributed by atoms with van der Waals surface area (Å²) in [7, 11) is 1.70. The second-order valence-electron chi connectivity index (χ2n) is 6.13. The Balaban J connectivity index is 1.94. The summed E-state index contributed by atoms with van der Waals surface area (Å²) in [6, 6.07) is 9.87. The molecule has 0 bridgehead atoms. The van der Waals surface area contributed by atoms with Gasteiger partial charge in [-0.2, -0.15) is 0 Å². The van der Waals surface area contributed by atoms with Crippen molar-refractivity contribution in [3.63, 3.8) is 0 Å². The summed E-state index contributed by atoms with van der Waals surface area (Å²) in [4.78, 5) is 18.1. The quantitative estimate of drug-likeness (QED) is 0.863. The molecule has 0 saturated carbocycles. The topological polar surface area (TPSA) is 54.5 Å². The van der Waals surface area contributed by atoms with E-state index in [-0.39, 0.29) is 30.5 Å². The molecular formula is C19H24FN3O2. The van der Waals surface area contributed by atoms with Crippen molar-refractivity contribution in [2.45, 2.75) is 39.5 Å². The lowest BCUT2D eigenvalue weighted by Crippen LogP contribution is -2.38. The van der Waals surface area contributed by atoms with Crippen molar-refractivity contribution < 1.29 is 13.9 Å². The molecule has 0 saturated heterocycles. The first-order valence-electron chi connectivity index (χ1n) is 8.25. The Kier molecular flexibility index (Phi) is 6.33. The maximum absolute atomic E-state index is 14.0. The van der Waals surface area contributed by atoms with Crippen LogP contribution in [0.1, 0.15) is 38.1 Å². The number of nitrogens with zero attached hydrogens (tertiary/aromatic N) is 2. The van der Waals surface area contributed by atoms with E-state index >= 15 is 0 Å². The summed E-state index contributed by atoms with van der Waals surface area (Å²) >= 11 is 0. The van der Waals surface area contributed by atoms with Crippen LogP contribution in [-0.4, -0.2) is 29.1 Å². The maximum atomic E-state index is 14.0. The summed E-state index contributed by atoms with van der Waals surface area (Å²) in [5.41, 5.74) is 1.47. The predicted octanol–water partition coefficient (Wildman–Crippen LogP) is 3.91. The van der Waals surface area contributed by atoms with E-state index in [1.807, 2.05) is 39.0 Å². The highest BCUT2D eigenvalue weighted by Crippen LogP contribution is 2.20. The van der Waals surface area contributed by atoms with Gasteiger partial charge in [-0.05, 0) is 50.6 Å². The van der Waals surface area contributed by atoms with Crippen LogP contribution in [0, 0.1) is 5.82 Å². The van der Waals surface area contributed by atoms with Crippen molar-refractivity contribution in [3.05, 3.63) is 59.7 Å². The van der Waals surface area contributed by atoms with Gasteiger partial charge in [0.25, 0.3) is 0 Å². The minimum atomic E-state index is -0.435. The number of ether oxygens (including phenoxy) is 1. The van der Waals surface area contributed by atoms with Gasteiger partial charge in [-0.1, -0.05) is 12.1 Å². The zero-order valence-corrected chi connectivity index (χ0v) is 15.0. The number of amides is 2. The van der Waals surface area contributed by atoms with Gasteiger partial charge >= 0.3 is 6.03 Å². The van der Waals surface area contributed by atoms with E-state index in [4.69, 9.17) is 4.74 Å². The molecule has 1 aromatic heterocycles. The number of nitrogens with one attached hydrogen (secondary N) is 1. The molecule has 0 aliphatic carbocycles. The van der Waals surface area contributed by atoms with Crippen molar-refractivity contribution in [1.29, 1.82) is 0 Å². The van der Waals surface area contributed by atoms with Gasteiger partial charge in [-0.15, -0.1) is 0 Å².